The maximum absolute atomic E-state index is 12.2. The fraction of sp³-hybridized carbons (Fsp3) is 0.550. The quantitative estimate of drug-likeness (QED) is 0.483. The molecule has 3 aliphatic heterocycles. The van der Waals surface area contributed by atoms with Gasteiger partial charge in [0.25, 0.3) is 0 Å². The summed E-state index contributed by atoms with van der Waals surface area (Å²) in [7, 11) is 0. The number of fused-ring (bicyclic) bond motifs is 1. The van der Waals surface area contributed by atoms with E-state index in [1.165, 1.54) is 0 Å². The lowest BCUT2D eigenvalue weighted by atomic mass is 10.0. The number of carbonyl (C=O) groups excluding carboxylic acids is 3. The van der Waals surface area contributed by atoms with Gasteiger partial charge in [0.05, 0.1) is 12.1 Å². The Balaban J connectivity index is 1.17. The standard InChI is InChI=1S/C20H26N4O3S/c25-17(5-2-1-4-16-19-15(12-28-16)22-20(27)23-19)21-13-7-9-14(10-8-13)24-11-3-6-18(24)26/h7-10,15-16,19H,1-6,11-12H2,(H,21,25)(H2,22,23,27)/t15-,16+,19-/m1/s1. The minimum Gasteiger partial charge on any atom is -0.332 e. The van der Waals surface area contributed by atoms with Crippen LogP contribution in [0.4, 0.5) is 16.2 Å². The largest absolute Gasteiger partial charge is 0.332 e. The van der Waals surface area contributed by atoms with E-state index in [4.69, 9.17) is 0 Å². The average molecular weight is 403 g/mol. The second-order valence-electron chi connectivity index (χ2n) is 7.61. The molecule has 150 valence electrons. The fourth-order valence-electron chi connectivity index (χ4n) is 4.14. The molecule has 1 aromatic carbocycles. The summed E-state index contributed by atoms with van der Waals surface area (Å²) >= 11 is 1.90. The smallest absolute Gasteiger partial charge is 0.315 e. The summed E-state index contributed by atoms with van der Waals surface area (Å²) in [5.41, 5.74) is 1.65. The number of urea groups is 1. The molecule has 4 amide bonds. The summed E-state index contributed by atoms with van der Waals surface area (Å²) in [6, 6.07) is 7.90. The molecule has 3 N–H and O–H groups in total. The lowest BCUT2D eigenvalue weighted by molar-refractivity contribution is -0.117. The molecule has 8 heteroatoms. The molecule has 3 fully saturated rings. The van der Waals surface area contributed by atoms with Gasteiger partial charge in [-0.2, -0.15) is 11.8 Å². The minimum absolute atomic E-state index is 0.0118. The maximum Gasteiger partial charge on any atom is 0.315 e. The molecule has 3 atom stereocenters. The van der Waals surface area contributed by atoms with Crippen LogP contribution >= 0.6 is 11.8 Å². The predicted octanol–water partition coefficient (Wildman–Crippen LogP) is 2.48. The van der Waals surface area contributed by atoms with E-state index in [0.29, 0.717) is 18.1 Å². The number of thioether (sulfide) groups is 1. The van der Waals surface area contributed by atoms with Gasteiger partial charge >= 0.3 is 6.03 Å². The number of hydrogen-bond acceptors (Lipinski definition) is 4. The van der Waals surface area contributed by atoms with Gasteiger partial charge in [-0.3, -0.25) is 9.59 Å². The Kier molecular flexibility index (Phi) is 5.75. The number of rotatable bonds is 7. The van der Waals surface area contributed by atoms with Crippen LogP contribution in [0, 0.1) is 0 Å². The maximum atomic E-state index is 12.2. The molecule has 1 aromatic rings. The first-order valence-electron chi connectivity index (χ1n) is 9.99. The molecule has 0 aromatic heterocycles. The number of anilines is 2. The van der Waals surface area contributed by atoms with Crippen molar-refractivity contribution in [2.24, 2.45) is 0 Å². The average Bonchev–Trinajstić information content (AvgIpc) is 3.36. The van der Waals surface area contributed by atoms with Crippen molar-refractivity contribution in [1.82, 2.24) is 10.6 Å². The highest BCUT2D eigenvalue weighted by Crippen LogP contribution is 2.33. The van der Waals surface area contributed by atoms with Gasteiger partial charge in [-0.1, -0.05) is 6.42 Å². The number of nitrogens with one attached hydrogen (secondary N) is 3. The van der Waals surface area contributed by atoms with Gasteiger partial charge in [0.2, 0.25) is 11.8 Å². The van der Waals surface area contributed by atoms with Gasteiger partial charge in [0.15, 0.2) is 0 Å². The van der Waals surface area contributed by atoms with E-state index in [9.17, 15) is 14.4 Å². The summed E-state index contributed by atoms with van der Waals surface area (Å²) in [6.07, 6.45) is 4.83. The molecule has 0 bridgehead atoms. The zero-order chi connectivity index (χ0) is 19.5. The second-order valence-corrected chi connectivity index (χ2v) is 8.88. The molecule has 3 saturated heterocycles. The highest BCUT2D eigenvalue weighted by atomic mass is 32.2. The third-order valence-electron chi connectivity index (χ3n) is 5.62. The van der Waals surface area contributed by atoms with Crippen molar-refractivity contribution in [1.29, 1.82) is 0 Å². The molecule has 4 rings (SSSR count). The SMILES string of the molecule is O=C(CCCC[C@@H]1SC[C@H]2NC(=O)N[C@@H]12)Nc1ccc(N2CCCC2=O)cc1. The number of hydrogen-bond donors (Lipinski definition) is 3. The van der Waals surface area contributed by atoms with Crippen molar-refractivity contribution in [2.75, 3.05) is 22.5 Å². The Morgan fingerprint density at radius 2 is 2.00 bits per heavy atom. The molecule has 0 radical (unpaired) electrons. The fourth-order valence-corrected chi connectivity index (χ4v) is 5.69. The molecule has 0 saturated carbocycles. The van der Waals surface area contributed by atoms with Crippen LogP contribution in [0.1, 0.15) is 38.5 Å². The Labute approximate surface area is 169 Å². The molecule has 3 heterocycles. The van der Waals surface area contributed by atoms with Gasteiger partial charge in [-0.05, 0) is 43.5 Å². The minimum atomic E-state index is -0.0557. The number of nitrogens with zero attached hydrogens (tertiary/aromatic N) is 1. The first-order valence-corrected chi connectivity index (χ1v) is 11.0. The molecular weight excluding hydrogens is 376 g/mol. The van der Waals surface area contributed by atoms with Crippen LogP contribution in [0.25, 0.3) is 0 Å². The van der Waals surface area contributed by atoms with Gasteiger partial charge in [-0.25, -0.2) is 4.79 Å². The van der Waals surface area contributed by atoms with Gasteiger partial charge in [0, 0.05) is 41.8 Å². The number of carbonyl (C=O) groups is 3. The zero-order valence-electron chi connectivity index (χ0n) is 15.8. The van der Waals surface area contributed by atoms with Crippen LogP contribution in [0.15, 0.2) is 24.3 Å². The normalized spacial score (nSPS) is 26.1. The van der Waals surface area contributed by atoms with Crippen molar-refractivity contribution in [3.8, 4) is 0 Å². The van der Waals surface area contributed by atoms with Crippen LogP contribution in [0.2, 0.25) is 0 Å². The molecule has 3 aliphatic rings. The lowest BCUT2D eigenvalue weighted by Gasteiger charge is -2.16. The number of amides is 4. The number of benzene rings is 1. The molecule has 0 aliphatic carbocycles. The highest BCUT2D eigenvalue weighted by molar-refractivity contribution is 8.00. The van der Waals surface area contributed by atoms with E-state index in [2.05, 4.69) is 16.0 Å². The van der Waals surface area contributed by atoms with Gasteiger partial charge in [0.1, 0.15) is 0 Å². The Morgan fingerprint density at radius 3 is 2.75 bits per heavy atom. The van der Waals surface area contributed by atoms with Gasteiger partial charge in [-0.15, -0.1) is 0 Å². The van der Waals surface area contributed by atoms with Gasteiger partial charge < -0.3 is 20.9 Å². The highest BCUT2D eigenvalue weighted by Gasteiger charge is 2.42. The van der Waals surface area contributed by atoms with Crippen LogP contribution < -0.4 is 20.9 Å². The molecular formula is C20H26N4O3S. The summed E-state index contributed by atoms with van der Waals surface area (Å²) in [6.45, 7) is 0.769. The monoisotopic (exact) mass is 402 g/mol. The van der Waals surface area contributed by atoms with Crippen molar-refractivity contribution < 1.29 is 14.4 Å². The molecule has 0 spiro atoms. The zero-order valence-corrected chi connectivity index (χ0v) is 16.6. The first-order chi connectivity index (χ1) is 13.6. The van der Waals surface area contributed by atoms with Crippen LogP contribution in [0.3, 0.4) is 0 Å². The predicted molar refractivity (Wildman–Crippen MR) is 111 cm³/mol. The molecule has 7 nitrogen and oxygen atoms in total. The Bertz CT molecular complexity index is 754. The van der Waals surface area contributed by atoms with E-state index in [1.807, 2.05) is 36.0 Å². The molecule has 0 unspecified atom stereocenters. The van der Waals surface area contributed by atoms with Crippen LogP contribution in [-0.2, 0) is 9.59 Å². The first kappa shape index (κ1) is 19.1. The summed E-state index contributed by atoms with van der Waals surface area (Å²) in [4.78, 5) is 37.2. The van der Waals surface area contributed by atoms with Crippen molar-refractivity contribution in [3.05, 3.63) is 24.3 Å². The van der Waals surface area contributed by atoms with Crippen LogP contribution in [-0.4, -0.2) is 47.5 Å². The van der Waals surface area contributed by atoms with Crippen LogP contribution in [0.5, 0.6) is 0 Å². The Hall–Kier alpha value is -2.22. The molecule has 28 heavy (non-hydrogen) atoms. The van der Waals surface area contributed by atoms with E-state index in [-0.39, 0.29) is 29.9 Å². The topological polar surface area (TPSA) is 90.5 Å². The number of unbranched alkanes of at least 4 members (excludes halogenated alkanes) is 1. The van der Waals surface area contributed by atoms with E-state index in [0.717, 1.165) is 49.4 Å². The van der Waals surface area contributed by atoms with Crippen molar-refractivity contribution >= 4 is 41.0 Å². The second kappa shape index (κ2) is 8.43. The third kappa shape index (κ3) is 4.27. The summed E-state index contributed by atoms with van der Waals surface area (Å²) in [5.74, 6) is 1.14. The van der Waals surface area contributed by atoms with E-state index >= 15 is 0 Å². The van der Waals surface area contributed by atoms with Crippen molar-refractivity contribution in [2.45, 2.75) is 55.9 Å². The third-order valence-corrected chi connectivity index (χ3v) is 7.13. The summed E-state index contributed by atoms with van der Waals surface area (Å²) in [5, 5.41) is 9.32. The Morgan fingerprint density at radius 1 is 1.18 bits per heavy atom. The van der Waals surface area contributed by atoms with Crippen molar-refractivity contribution in [3.63, 3.8) is 0 Å². The van der Waals surface area contributed by atoms with E-state index in [1.54, 1.807) is 4.90 Å². The summed E-state index contributed by atoms with van der Waals surface area (Å²) < 4.78 is 0. The lowest BCUT2D eigenvalue weighted by Crippen LogP contribution is -2.36. The van der Waals surface area contributed by atoms with E-state index < -0.39 is 0 Å².